The van der Waals surface area contributed by atoms with E-state index in [-0.39, 0.29) is 0 Å². The summed E-state index contributed by atoms with van der Waals surface area (Å²) in [5, 5.41) is 31.7. The number of nitro groups is 3. The molecule has 0 amide bonds. The second-order valence-corrected chi connectivity index (χ2v) is 3.75. The number of carbonyl (C=O) groups is 1. The molecule has 0 aliphatic carbocycles. The number of carbonyl (C=O) groups excluding carboxylic acids is 1. The van der Waals surface area contributed by atoms with Crippen LogP contribution < -0.4 is 0 Å². The molecule has 0 N–H and O–H groups in total. The van der Waals surface area contributed by atoms with Crippen LogP contribution >= 0.6 is 0 Å². The molecular weight excluding hydrogens is 266 g/mol. The Morgan fingerprint density at radius 1 is 1.16 bits per heavy atom. The van der Waals surface area contributed by atoms with E-state index in [0.29, 0.717) is 6.42 Å². The lowest BCUT2D eigenvalue weighted by molar-refractivity contribution is -0.970. The molecule has 0 radical (unpaired) electrons. The van der Waals surface area contributed by atoms with E-state index in [2.05, 4.69) is 0 Å². The molecule has 11 nitrogen and oxygen atoms in total. The normalized spacial score (nSPS) is 12.5. The van der Waals surface area contributed by atoms with Gasteiger partial charge in [0.2, 0.25) is 0 Å². The molecular formula is C8H13N3O8. The summed E-state index contributed by atoms with van der Waals surface area (Å²) in [6.07, 6.45) is -1.94. The molecule has 1 atom stereocenters. The first-order chi connectivity index (χ1) is 8.68. The quantitative estimate of drug-likeness (QED) is 0.270. The second kappa shape index (κ2) is 6.56. The largest absolute Gasteiger partial charge is 0.700 e. The highest BCUT2D eigenvalue weighted by atomic mass is 16.7. The second-order valence-electron chi connectivity index (χ2n) is 3.75. The zero-order chi connectivity index (χ0) is 15.2. The predicted octanol–water partition coefficient (Wildman–Crippen LogP) is 0.592. The van der Waals surface area contributed by atoms with Crippen LogP contribution in [0.1, 0.15) is 33.1 Å². The van der Waals surface area contributed by atoms with E-state index in [1.54, 1.807) is 13.8 Å². The lowest BCUT2D eigenvalue weighted by atomic mass is 10.2. The summed E-state index contributed by atoms with van der Waals surface area (Å²) in [4.78, 5) is 38.1. The van der Waals surface area contributed by atoms with E-state index in [9.17, 15) is 35.1 Å². The van der Waals surface area contributed by atoms with E-state index in [4.69, 9.17) is 4.74 Å². The van der Waals surface area contributed by atoms with Crippen LogP contribution in [0.15, 0.2) is 0 Å². The van der Waals surface area contributed by atoms with E-state index in [1.807, 2.05) is 0 Å². The average molecular weight is 279 g/mol. The number of esters is 1. The van der Waals surface area contributed by atoms with Crippen molar-refractivity contribution in [1.82, 2.24) is 0 Å². The van der Waals surface area contributed by atoms with Crippen molar-refractivity contribution < 1.29 is 24.3 Å². The van der Waals surface area contributed by atoms with Crippen molar-refractivity contribution in [2.24, 2.45) is 0 Å². The molecule has 0 fully saturated rings. The fraction of sp³-hybridized carbons (Fsp3) is 0.875. The molecule has 0 saturated carbocycles. The summed E-state index contributed by atoms with van der Waals surface area (Å²) in [6, 6.07) is 0. The van der Waals surface area contributed by atoms with Crippen molar-refractivity contribution in [2.75, 3.05) is 0 Å². The van der Waals surface area contributed by atoms with Crippen LogP contribution in [0, 0.1) is 30.3 Å². The standard InChI is InChI=1S/C8H13N3O8/c1-3-6(2)19-7(12)4-5-8(9(13)14,10(15)16)11(17)18/h6H,3-5H2,1-2H3. The molecule has 1 unspecified atom stereocenters. The van der Waals surface area contributed by atoms with Gasteiger partial charge < -0.3 is 4.74 Å². The van der Waals surface area contributed by atoms with Gasteiger partial charge in [-0.15, -0.1) is 0 Å². The Labute approximate surface area is 107 Å². The summed E-state index contributed by atoms with van der Waals surface area (Å²) in [5.41, 5.74) is 0. The van der Waals surface area contributed by atoms with Crippen molar-refractivity contribution >= 4 is 5.97 Å². The van der Waals surface area contributed by atoms with Crippen molar-refractivity contribution in [3.05, 3.63) is 30.3 Å². The van der Waals surface area contributed by atoms with E-state index < -0.39 is 45.5 Å². The van der Waals surface area contributed by atoms with Crippen LogP contribution in [0.4, 0.5) is 0 Å². The Balaban J connectivity index is 4.88. The minimum atomic E-state index is -3.62. The monoisotopic (exact) mass is 279 g/mol. The summed E-state index contributed by atoms with van der Waals surface area (Å²) in [5.74, 6) is -4.57. The van der Waals surface area contributed by atoms with Gasteiger partial charge in [-0.3, -0.25) is 35.1 Å². The van der Waals surface area contributed by atoms with Gasteiger partial charge in [-0.25, -0.2) is 0 Å². The maximum Gasteiger partial charge on any atom is 0.700 e. The van der Waals surface area contributed by atoms with Gasteiger partial charge >= 0.3 is 11.8 Å². The van der Waals surface area contributed by atoms with E-state index in [1.165, 1.54) is 0 Å². The number of hydrogen-bond donors (Lipinski definition) is 0. The highest BCUT2D eigenvalue weighted by Crippen LogP contribution is 2.20. The first kappa shape index (κ1) is 16.7. The van der Waals surface area contributed by atoms with Gasteiger partial charge in [0, 0.05) is 0 Å². The maximum absolute atomic E-state index is 11.2. The van der Waals surface area contributed by atoms with Gasteiger partial charge in [0.1, 0.15) is 0 Å². The number of ether oxygens (including phenoxy) is 1. The predicted molar refractivity (Wildman–Crippen MR) is 58.8 cm³/mol. The van der Waals surface area contributed by atoms with Crippen molar-refractivity contribution in [2.45, 2.75) is 45.0 Å². The fourth-order valence-corrected chi connectivity index (χ4v) is 1.11. The molecule has 0 aliphatic heterocycles. The van der Waals surface area contributed by atoms with Gasteiger partial charge in [-0.2, -0.15) is 0 Å². The van der Waals surface area contributed by atoms with E-state index in [0.717, 1.165) is 0 Å². The van der Waals surface area contributed by atoms with Gasteiger partial charge in [0.05, 0.1) is 12.5 Å². The first-order valence-corrected chi connectivity index (χ1v) is 5.31. The lowest BCUT2D eigenvalue weighted by Gasteiger charge is -2.11. The zero-order valence-corrected chi connectivity index (χ0v) is 10.3. The summed E-state index contributed by atoms with van der Waals surface area (Å²) in [6.45, 7) is 3.27. The average Bonchev–Trinajstić information content (AvgIpc) is 2.27. The molecule has 0 aromatic heterocycles. The fourth-order valence-electron chi connectivity index (χ4n) is 1.11. The molecule has 11 heteroatoms. The summed E-state index contributed by atoms with van der Waals surface area (Å²) in [7, 11) is 0. The molecule has 0 aromatic rings. The van der Waals surface area contributed by atoms with Crippen LogP contribution in [0.25, 0.3) is 0 Å². The van der Waals surface area contributed by atoms with Crippen molar-refractivity contribution in [1.29, 1.82) is 0 Å². The van der Waals surface area contributed by atoms with Crippen LogP contribution in [0.5, 0.6) is 0 Å². The van der Waals surface area contributed by atoms with Crippen molar-refractivity contribution in [3.8, 4) is 0 Å². The third-order valence-electron chi connectivity index (χ3n) is 2.45. The molecule has 0 aliphatic rings. The van der Waals surface area contributed by atoms with Crippen LogP contribution in [0.2, 0.25) is 0 Å². The SMILES string of the molecule is CCC(C)OC(=O)CCC([N+](=O)[O-])([N+](=O)[O-])[N+](=O)[O-]. The Bertz CT molecular complexity index is 359. The maximum atomic E-state index is 11.2. The Hall–Kier alpha value is -2.33. The van der Waals surface area contributed by atoms with Gasteiger partial charge in [0.15, 0.2) is 21.2 Å². The molecule has 0 saturated heterocycles. The number of hydrogen-bond acceptors (Lipinski definition) is 8. The van der Waals surface area contributed by atoms with Crippen LogP contribution in [0.3, 0.4) is 0 Å². The summed E-state index contributed by atoms with van der Waals surface area (Å²) < 4.78 is 4.73. The Kier molecular flexibility index (Phi) is 5.76. The molecule has 0 bridgehead atoms. The molecule has 0 heterocycles. The zero-order valence-electron chi connectivity index (χ0n) is 10.3. The topological polar surface area (TPSA) is 156 Å². The van der Waals surface area contributed by atoms with Gasteiger partial charge in [-0.1, -0.05) is 6.92 Å². The Morgan fingerprint density at radius 3 is 1.89 bits per heavy atom. The minimum Gasteiger partial charge on any atom is -0.463 e. The Morgan fingerprint density at radius 2 is 1.58 bits per heavy atom. The lowest BCUT2D eigenvalue weighted by Crippen LogP contribution is -2.53. The number of nitrogens with zero attached hydrogens (tertiary/aromatic N) is 3. The summed E-state index contributed by atoms with van der Waals surface area (Å²) >= 11 is 0. The number of rotatable bonds is 8. The van der Waals surface area contributed by atoms with E-state index >= 15 is 0 Å². The van der Waals surface area contributed by atoms with Crippen molar-refractivity contribution in [3.63, 3.8) is 0 Å². The molecule has 0 spiro atoms. The molecule has 0 rings (SSSR count). The first-order valence-electron chi connectivity index (χ1n) is 5.31. The molecule has 108 valence electrons. The van der Waals surface area contributed by atoms with Gasteiger partial charge in [-0.05, 0) is 13.3 Å². The third kappa shape index (κ3) is 3.82. The van der Waals surface area contributed by atoms with Gasteiger partial charge in [0.25, 0.3) is 0 Å². The smallest absolute Gasteiger partial charge is 0.463 e. The third-order valence-corrected chi connectivity index (χ3v) is 2.45. The van der Waals surface area contributed by atoms with Crippen LogP contribution in [-0.4, -0.2) is 32.6 Å². The highest BCUT2D eigenvalue weighted by Gasteiger charge is 2.69. The molecule has 19 heavy (non-hydrogen) atoms. The molecule has 0 aromatic carbocycles. The highest BCUT2D eigenvalue weighted by molar-refractivity contribution is 5.69. The minimum absolute atomic E-state index is 0.469. The van der Waals surface area contributed by atoms with Crippen LogP contribution in [-0.2, 0) is 9.53 Å².